The number of likely N-dealkylation sites (tertiary alicyclic amines) is 1. The molecule has 0 radical (unpaired) electrons. The van der Waals surface area contributed by atoms with Gasteiger partial charge in [-0.1, -0.05) is 20.8 Å². The SMILES string of the molecule is Cc1nc2cc(NC(=O)N3C[C@@]4(C)C[C@@H]3CC(C)(C)C4)ccc2o1. The van der Waals surface area contributed by atoms with Crippen LogP contribution < -0.4 is 5.32 Å². The Bertz CT molecular complexity index is 810. The van der Waals surface area contributed by atoms with E-state index in [1.54, 1.807) is 0 Å². The van der Waals surface area contributed by atoms with Crippen LogP contribution in [0.5, 0.6) is 0 Å². The summed E-state index contributed by atoms with van der Waals surface area (Å²) in [5, 5.41) is 3.05. The number of nitrogens with one attached hydrogen (secondary N) is 1. The molecule has 2 aliphatic rings. The molecular formula is C19H25N3O2. The summed E-state index contributed by atoms with van der Waals surface area (Å²) < 4.78 is 5.49. The molecule has 24 heavy (non-hydrogen) atoms. The molecule has 2 amide bonds. The van der Waals surface area contributed by atoms with Gasteiger partial charge in [-0.25, -0.2) is 9.78 Å². The highest BCUT2D eigenvalue weighted by Crippen LogP contribution is 2.52. The van der Waals surface area contributed by atoms with Gasteiger partial charge >= 0.3 is 6.03 Å². The molecule has 1 aliphatic carbocycles. The van der Waals surface area contributed by atoms with Gasteiger partial charge in [-0.05, 0) is 48.3 Å². The van der Waals surface area contributed by atoms with Crippen LogP contribution in [0.2, 0.25) is 0 Å². The number of aryl methyl sites for hydroxylation is 1. The maximum absolute atomic E-state index is 12.8. The number of aromatic nitrogens is 1. The van der Waals surface area contributed by atoms with Gasteiger partial charge in [0.1, 0.15) is 5.52 Å². The zero-order chi connectivity index (χ0) is 17.1. The minimum absolute atomic E-state index is 0.000918. The molecule has 2 fully saturated rings. The quantitative estimate of drug-likeness (QED) is 0.834. The zero-order valence-corrected chi connectivity index (χ0v) is 14.8. The lowest BCUT2D eigenvalue weighted by atomic mass is 9.65. The van der Waals surface area contributed by atoms with Gasteiger partial charge in [-0.3, -0.25) is 0 Å². The molecule has 2 aromatic rings. The summed E-state index contributed by atoms with van der Waals surface area (Å²) in [4.78, 5) is 19.2. The average molecular weight is 327 g/mol. The molecule has 5 nitrogen and oxygen atoms in total. The molecule has 4 rings (SSSR count). The molecule has 5 heteroatoms. The second-order valence-electron chi connectivity index (χ2n) is 8.69. The summed E-state index contributed by atoms with van der Waals surface area (Å²) in [6.07, 6.45) is 3.38. The van der Waals surface area contributed by atoms with Gasteiger partial charge in [0, 0.05) is 25.2 Å². The molecule has 2 atom stereocenters. The van der Waals surface area contributed by atoms with Crippen LogP contribution in [0.1, 0.15) is 45.9 Å². The number of hydrogen-bond donors (Lipinski definition) is 1. The number of benzene rings is 1. The minimum Gasteiger partial charge on any atom is -0.441 e. The molecule has 128 valence electrons. The van der Waals surface area contributed by atoms with Crippen molar-refractivity contribution in [1.29, 1.82) is 0 Å². The van der Waals surface area contributed by atoms with Crippen molar-refractivity contribution in [3.05, 3.63) is 24.1 Å². The predicted molar refractivity (Wildman–Crippen MR) is 94.0 cm³/mol. The maximum Gasteiger partial charge on any atom is 0.322 e. The molecule has 1 saturated carbocycles. The highest BCUT2D eigenvalue weighted by atomic mass is 16.3. The third-order valence-electron chi connectivity index (χ3n) is 5.42. The number of carbonyl (C=O) groups excluding carboxylic acids is 1. The van der Waals surface area contributed by atoms with Crippen molar-refractivity contribution in [1.82, 2.24) is 9.88 Å². The number of urea groups is 1. The van der Waals surface area contributed by atoms with E-state index in [4.69, 9.17) is 4.42 Å². The van der Waals surface area contributed by atoms with Gasteiger partial charge in [-0.15, -0.1) is 0 Å². The Morgan fingerprint density at radius 1 is 1.33 bits per heavy atom. The molecular weight excluding hydrogens is 302 g/mol. The van der Waals surface area contributed by atoms with Crippen LogP contribution >= 0.6 is 0 Å². The Balaban J connectivity index is 1.53. The Kier molecular flexibility index (Phi) is 3.21. The van der Waals surface area contributed by atoms with Crippen molar-refractivity contribution < 1.29 is 9.21 Å². The first kappa shape index (κ1) is 15.5. The lowest BCUT2D eigenvalue weighted by Gasteiger charge is -2.39. The first-order chi connectivity index (χ1) is 11.2. The number of rotatable bonds is 1. The van der Waals surface area contributed by atoms with E-state index in [0.29, 0.717) is 17.3 Å². The Morgan fingerprint density at radius 2 is 2.12 bits per heavy atom. The molecule has 1 aromatic heterocycles. The van der Waals surface area contributed by atoms with Crippen molar-refractivity contribution in [2.75, 3.05) is 11.9 Å². The van der Waals surface area contributed by atoms with E-state index in [0.717, 1.165) is 36.2 Å². The van der Waals surface area contributed by atoms with Gasteiger partial charge in [0.25, 0.3) is 0 Å². The molecule has 1 N–H and O–H groups in total. The average Bonchev–Trinajstić information content (AvgIpc) is 2.93. The fourth-order valence-corrected chi connectivity index (χ4v) is 5.01. The monoisotopic (exact) mass is 327 g/mol. The number of hydrogen-bond acceptors (Lipinski definition) is 3. The first-order valence-corrected chi connectivity index (χ1v) is 8.68. The number of nitrogens with zero attached hydrogens (tertiary/aromatic N) is 2. The van der Waals surface area contributed by atoms with E-state index < -0.39 is 0 Å². The fraction of sp³-hybridized carbons (Fsp3) is 0.579. The fourth-order valence-electron chi connectivity index (χ4n) is 5.01. The van der Waals surface area contributed by atoms with Crippen molar-refractivity contribution in [2.45, 2.75) is 53.0 Å². The molecule has 1 aliphatic heterocycles. The van der Waals surface area contributed by atoms with Crippen LogP contribution in [0.3, 0.4) is 0 Å². The topological polar surface area (TPSA) is 58.4 Å². The Morgan fingerprint density at radius 3 is 2.92 bits per heavy atom. The van der Waals surface area contributed by atoms with Crippen molar-refractivity contribution >= 4 is 22.8 Å². The first-order valence-electron chi connectivity index (χ1n) is 8.68. The second-order valence-corrected chi connectivity index (χ2v) is 8.69. The van der Waals surface area contributed by atoms with E-state index in [2.05, 4.69) is 31.1 Å². The van der Waals surface area contributed by atoms with E-state index in [9.17, 15) is 4.79 Å². The van der Waals surface area contributed by atoms with Crippen LogP contribution in [-0.2, 0) is 0 Å². The standard InChI is InChI=1S/C19H25N3O2/c1-12-20-15-7-13(5-6-16(15)24-12)21-17(23)22-11-19(4)9-14(22)8-18(2,3)10-19/h5-7,14H,8-11H2,1-4H3,(H,21,23)/t14-,19-/m0/s1. The van der Waals surface area contributed by atoms with Crippen LogP contribution in [0.4, 0.5) is 10.5 Å². The third kappa shape index (κ3) is 2.66. The number of anilines is 1. The van der Waals surface area contributed by atoms with Crippen molar-refractivity contribution in [3.8, 4) is 0 Å². The van der Waals surface area contributed by atoms with E-state index in [1.165, 1.54) is 6.42 Å². The summed E-state index contributed by atoms with van der Waals surface area (Å²) in [6.45, 7) is 9.63. The van der Waals surface area contributed by atoms with Crippen LogP contribution in [0.15, 0.2) is 22.6 Å². The number of carbonyl (C=O) groups is 1. The largest absolute Gasteiger partial charge is 0.441 e. The highest BCUT2D eigenvalue weighted by Gasteiger charge is 2.51. The smallest absolute Gasteiger partial charge is 0.322 e. The number of oxazole rings is 1. The van der Waals surface area contributed by atoms with Crippen LogP contribution in [-0.4, -0.2) is 28.5 Å². The van der Waals surface area contributed by atoms with Crippen LogP contribution in [0, 0.1) is 17.8 Å². The van der Waals surface area contributed by atoms with E-state index in [1.807, 2.05) is 30.0 Å². The van der Waals surface area contributed by atoms with Gasteiger partial charge in [0.15, 0.2) is 11.5 Å². The molecule has 2 heterocycles. The maximum atomic E-state index is 12.8. The molecule has 0 unspecified atom stereocenters. The van der Waals surface area contributed by atoms with Gasteiger partial charge < -0.3 is 14.6 Å². The summed E-state index contributed by atoms with van der Waals surface area (Å²) >= 11 is 0. The lowest BCUT2D eigenvalue weighted by molar-refractivity contribution is 0.130. The molecule has 0 spiro atoms. The highest BCUT2D eigenvalue weighted by molar-refractivity contribution is 5.92. The zero-order valence-electron chi connectivity index (χ0n) is 14.8. The normalized spacial score (nSPS) is 28.3. The van der Waals surface area contributed by atoms with Gasteiger partial charge in [-0.2, -0.15) is 0 Å². The number of fused-ring (bicyclic) bond motifs is 3. The van der Waals surface area contributed by atoms with Crippen molar-refractivity contribution in [2.24, 2.45) is 10.8 Å². The van der Waals surface area contributed by atoms with Gasteiger partial charge in [0.05, 0.1) is 0 Å². The predicted octanol–water partition coefficient (Wildman–Crippen LogP) is 4.57. The minimum atomic E-state index is 0.000918. The van der Waals surface area contributed by atoms with E-state index >= 15 is 0 Å². The Hall–Kier alpha value is -2.04. The van der Waals surface area contributed by atoms with Crippen LogP contribution in [0.25, 0.3) is 11.1 Å². The summed E-state index contributed by atoms with van der Waals surface area (Å²) in [5.41, 5.74) is 2.85. The number of amides is 2. The third-order valence-corrected chi connectivity index (χ3v) is 5.42. The van der Waals surface area contributed by atoms with E-state index in [-0.39, 0.29) is 11.4 Å². The van der Waals surface area contributed by atoms with Gasteiger partial charge in [0.2, 0.25) is 0 Å². The lowest BCUT2D eigenvalue weighted by Crippen LogP contribution is -2.40. The van der Waals surface area contributed by atoms with Crippen molar-refractivity contribution in [3.63, 3.8) is 0 Å². The molecule has 1 saturated heterocycles. The second kappa shape index (κ2) is 4.98. The summed E-state index contributed by atoms with van der Waals surface area (Å²) in [5.74, 6) is 0.636. The molecule has 2 bridgehead atoms. The summed E-state index contributed by atoms with van der Waals surface area (Å²) in [7, 11) is 0. The summed E-state index contributed by atoms with van der Waals surface area (Å²) in [6, 6.07) is 5.95. The Labute approximate surface area is 142 Å². The molecule has 1 aromatic carbocycles.